The number of hydrogen-bond acceptors (Lipinski definition) is 6. The van der Waals surface area contributed by atoms with E-state index in [-0.39, 0.29) is 36.6 Å². The van der Waals surface area contributed by atoms with Crippen LogP contribution in [0.3, 0.4) is 0 Å². The molecule has 2 aromatic carbocycles. The van der Waals surface area contributed by atoms with Crippen LogP contribution in [0.2, 0.25) is 0 Å². The molecule has 0 fully saturated rings. The Bertz CT molecular complexity index is 1200. The van der Waals surface area contributed by atoms with Crippen LogP contribution in [0.25, 0.3) is 0 Å². The summed E-state index contributed by atoms with van der Waals surface area (Å²) in [4.78, 5) is 28.2. The summed E-state index contributed by atoms with van der Waals surface area (Å²) in [6, 6.07) is 9.42. The fourth-order valence-corrected chi connectivity index (χ4v) is 4.94. The number of hydrogen-bond donors (Lipinski definition) is 1. The minimum Gasteiger partial charge on any atom is -0.454 e. The van der Waals surface area contributed by atoms with E-state index >= 15 is 0 Å². The molecule has 2 aromatic rings. The number of benzene rings is 2. The fraction of sp³-hybridized carbons (Fsp3) is 0.462. The quantitative estimate of drug-likeness (QED) is 0.447. The summed E-state index contributed by atoms with van der Waals surface area (Å²) >= 11 is 0. The lowest BCUT2D eigenvalue weighted by atomic mass is 10.1. The van der Waals surface area contributed by atoms with Crippen LogP contribution in [0.5, 0.6) is 11.5 Å². The largest absolute Gasteiger partial charge is 0.454 e. The van der Waals surface area contributed by atoms with E-state index in [9.17, 15) is 22.4 Å². The minimum atomic E-state index is -3.87. The number of anilines is 1. The molecule has 11 heteroatoms. The molecule has 1 heterocycles. The Kier molecular flexibility index (Phi) is 9.36. The Balaban J connectivity index is 1.95. The Labute approximate surface area is 217 Å². The molecule has 1 N–H and O–H groups in total. The van der Waals surface area contributed by atoms with Gasteiger partial charge in [0.15, 0.2) is 11.5 Å². The lowest BCUT2D eigenvalue weighted by Gasteiger charge is -2.33. The number of amides is 2. The van der Waals surface area contributed by atoms with Crippen LogP contribution in [-0.2, 0) is 26.2 Å². The van der Waals surface area contributed by atoms with Gasteiger partial charge in [-0.3, -0.25) is 13.9 Å². The number of ether oxygens (including phenoxy) is 2. The lowest BCUT2D eigenvalue weighted by Crippen LogP contribution is -2.52. The maximum absolute atomic E-state index is 13.7. The van der Waals surface area contributed by atoms with E-state index < -0.39 is 34.3 Å². The zero-order valence-corrected chi connectivity index (χ0v) is 22.4. The molecular formula is C26H34FN3O6S. The summed E-state index contributed by atoms with van der Waals surface area (Å²) in [7, 11) is -3.87. The van der Waals surface area contributed by atoms with Gasteiger partial charge in [-0.2, -0.15) is 0 Å². The summed E-state index contributed by atoms with van der Waals surface area (Å²) in [5, 5.41) is 2.86. The number of sulfonamides is 1. The molecule has 1 aliphatic rings. The molecule has 0 aliphatic carbocycles. The third-order valence-electron chi connectivity index (χ3n) is 5.96. The van der Waals surface area contributed by atoms with Crippen LogP contribution in [0.1, 0.15) is 39.7 Å². The van der Waals surface area contributed by atoms with Crippen molar-refractivity contribution in [2.75, 3.05) is 29.9 Å². The van der Waals surface area contributed by atoms with Crippen LogP contribution in [-0.4, -0.2) is 56.8 Å². The zero-order chi connectivity index (χ0) is 27.2. The monoisotopic (exact) mass is 535 g/mol. The van der Waals surface area contributed by atoms with Crippen molar-refractivity contribution in [2.24, 2.45) is 5.92 Å². The number of carbonyl (C=O) groups is 2. The molecule has 37 heavy (non-hydrogen) atoms. The predicted octanol–water partition coefficient (Wildman–Crippen LogP) is 3.29. The van der Waals surface area contributed by atoms with Crippen molar-refractivity contribution >= 4 is 27.5 Å². The van der Waals surface area contributed by atoms with E-state index in [1.165, 1.54) is 42.2 Å². The van der Waals surface area contributed by atoms with Crippen molar-refractivity contribution in [1.82, 2.24) is 10.2 Å². The Morgan fingerprint density at radius 3 is 2.35 bits per heavy atom. The summed E-state index contributed by atoms with van der Waals surface area (Å²) in [6.45, 7) is 7.13. The summed E-state index contributed by atoms with van der Waals surface area (Å²) < 4.78 is 51.4. The van der Waals surface area contributed by atoms with E-state index in [4.69, 9.17) is 9.47 Å². The molecule has 0 unspecified atom stereocenters. The Morgan fingerprint density at radius 2 is 1.73 bits per heavy atom. The molecule has 3 rings (SSSR count). The van der Waals surface area contributed by atoms with Crippen molar-refractivity contribution in [2.45, 2.75) is 46.7 Å². The number of nitrogens with one attached hydrogen (secondary N) is 1. The van der Waals surface area contributed by atoms with Gasteiger partial charge in [-0.1, -0.05) is 32.9 Å². The minimum absolute atomic E-state index is 0.00781. The molecule has 0 saturated heterocycles. The molecular weight excluding hydrogens is 501 g/mol. The molecule has 0 aromatic heterocycles. The average molecular weight is 536 g/mol. The maximum Gasteiger partial charge on any atom is 0.244 e. The van der Waals surface area contributed by atoms with Crippen molar-refractivity contribution in [3.05, 3.63) is 53.8 Å². The number of fused-ring (bicyclic) bond motifs is 1. The van der Waals surface area contributed by atoms with Crippen LogP contribution in [0.4, 0.5) is 10.1 Å². The van der Waals surface area contributed by atoms with Gasteiger partial charge in [0.1, 0.15) is 18.4 Å². The molecule has 0 radical (unpaired) electrons. The van der Waals surface area contributed by atoms with Gasteiger partial charge in [0.25, 0.3) is 0 Å². The van der Waals surface area contributed by atoms with Crippen LogP contribution < -0.4 is 19.1 Å². The van der Waals surface area contributed by atoms with Gasteiger partial charge >= 0.3 is 0 Å². The van der Waals surface area contributed by atoms with Gasteiger partial charge in [-0.05, 0) is 49.1 Å². The predicted molar refractivity (Wildman–Crippen MR) is 138 cm³/mol. The highest BCUT2D eigenvalue weighted by molar-refractivity contribution is 7.92. The van der Waals surface area contributed by atoms with Gasteiger partial charge in [0.05, 0.1) is 11.4 Å². The molecule has 1 aliphatic heterocycles. The van der Waals surface area contributed by atoms with Gasteiger partial charge < -0.3 is 19.7 Å². The van der Waals surface area contributed by atoms with Crippen molar-refractivity contribution in [1.29, 1.82) is 0 Å². The first-order chi connectivity index (χ1) is 17.6. The van der Waals surface area contributed by atoms with Gasteiger partial charge in [0, 0.05) is 19.2 Å². The summed E-state index contributed by atoms with van der Waals surface area (Å²) in [5.41, 5.74) is 0.858. The van der Waals surface area contributed by atoms with Gasteiger partial charge in [-0.25, -0.2) is 12.8 Å². The van der Waals surface area contributed by atoms with Gasteiger partial charge in [-0.15, -0.1) is 0 Å². The smallest absolute Gasteiger partial charge is 0.244 e. The standard InChI is InChI=1S/C26H34FN3O6S/c1-5-22(26(32)28-14-18(3)4)29(15-19-7-9-20(27)10-8-19)25(31)16-30(37(33,34)6-2)21-11-12-23-24(13-21)36-17-35-23/h7-13,18,22H,5-6,14-17H2,1-4H3,(H,28,32)/t22-/m1/s1. The fourth-order valence-electron chi connectivity index (χ4n) is 3.89. The number of nitrogens with zero attached hydrogens (tertiary/aromatic N) is 2. The summed E-state index contributed by atoms with van der Waals surface area (Å²) in [5.74, 6) is -0.493. The first kappa shape index (κ1) is 28.2. The van der Waals surface area contributed by atoms with Crippen molar-refractivity contribution in [3.63, 3.8) is 0 Å². The number of halogens is 1. The normalized spacial score (nSPS) is 13.4. The Morgan fingerprint density at radius 1 is 1.05 bits per heavy atom. The molecule has 1 atom stereocenters. The SMILES string of the molecule is CC[C@H](C(=O)NCC(C)C)N(Cc1ccc(F)cc1)C(=O)CN(c1ccc2c(c1)OCO2)S(=O)(=O)CC. The second-order valence-electron chi connectivity index (χ2n) is 9.16. The second-order valence-corrected chi connectivity index (χ2v) is 11.3. The van der Waals surface area contributed by atoms with E-state index in [0.29, 0.717) is 30.0 Å². The maximum atomic E-state index is 13.7. The number of carbonyl (C=O) groups excluding carboxylic acids is 2. The van der Waals surface area contributed by atoms with Crippen LogP contribution in [0, 0.1) is 11.7 Å². The molecule has 202 valence electrons. The van der Waals surface area contributed by atoms with Crippen LogP contribution >= 0.6 is 0 Å². The molecule has 2 amide bonds. The lowest BCUT2D eigenvalue weighted by molar-refractivity contribution is -0.140. The number of rotatable bonds is 12. The average Bonchev–Trinajstić information content (AvgIpc) is 3.34. The van der Waals surface area contributed by atoms with E-state index in [1.807, 2.05) is 13.8 Å². The molecule has 9 nitrogen and oxygen atoms in total. The Hall–Kier alpha value is -3.34. The van der Waals surface area contributed by atoms with E-state index in [1.54, 1.807) is 19.1 Å². The first-order valence-electron chi connectivity index (χ1n) is 12.3. The second kappa shape index (κ2) is 12.3. The molecule has 0 saturated carbocycles. The highest BCUT2D eigenvalue weighted by Crippen LogP contribution is 2.36. The highest BCUT2D eigenvalue weighted by Gasteiger charge is 2.33. The van der Waals surface area contributed by atoms with E-state index in [0.717, 1.165) is 4.31 Å². The summed E-state index contributed by atoms with van der Waals surface area (Å²) in [6.07, 6.45) is 0.307. The van der Waals surface area contributed by atoms with Crippen LogP contribution in [0.15, 0.2) is 42.5 Å². The molecule has 0 spiro atoms. The highest BCUT2D eigenvalue weighted by atomic mass is 32.2. The van der Waals surface area contributed by atoms with E-state index in [2.05, 4.69) is 5.32 Å². The van der Waals surface area contributed by atoms with Gasteiger partial charge in [0.2, 0.25) is 28.6 Å². The third kappa shape index (κ3) is 7.12. The molecule has 0 bridgehead atoms. The zero-order valence-electron chi connectivity index (χ0n) is 21.6. The van der Waals surface area contributed by atoms with Crippen molar-refractivity contribution in [3.8, 4) is 11.5 Å². The topological polar surface area (TPSA) is 105 Å². The third-order valence-corrected chi connectivity index (χ3v) is 7.70. The van der Waals surface area contributed by atoms with Crippen molar-refractivity contribution < 1.29 is 31.9 Å². The first-order valence-corrected chi connectivity index (χ1v) is 13.9.